The Morgan fingerprint density at radius 1 is 1.05 bits per heavy atom. The van der Waals surface area contributed by atoms with E-state index in [0.717, 1.165) is 12.1 Å². The van der Waals surface area contributed by atoms with E-state index in [9.17, 15) is 13.2 Å². The number of nitrogens with one attached hydrogen (secondary N) is 1. The van der Waals surface area contributed by atoms with Gasteiger partial charge in [0.25, 0.3) is 0 Å². The molecular weight excluding hydrogens is 281 g/mol. The topological polar surface area (TPSA) is 33.6 Å². The first-order valence-corrected chi connectivity index (χ1v) is 6.10. The lowest BCUT2D eigenvalue weighted by Crippen LogP contribution is -2.02. The van der Waals surface area contributed by atoms with Crippen LogP contribution < -0.4 is 10.2 Å². The highest BCUT2D eigenvalue weighted by Crippen LogP contribution is 2.19. The maximum Gasteiger partial charge on any atom is 0.165 e. The van der Waals surface area contributed by atoms with Crippen molar-refractivity contribution in [2.45, 2.75) is 6.92 Å². The van der Waals surface area contributed by atoms with E-state index < -0.39 is 17.5 Å². The van der Waals surface area contributed by atoms with E-state index in [0.29, 0.717) is 11.3 Å². The number of methoxy groups -OCH3 is 1. The first kappa shape index (κ1) is 14.9. The molecule has 0 spiro atoms. The SMILES string of the molecule is COc1ccc(/C(C)=N\Nc2ccc(F)cc2F)cc1F. The van der Waals surface area contributed by atoms with Gasteiger partial charge in [0.2, 0.25) is 0 Å². The van der Waals surface area contributed by atoms with Gasteiger partial charge >= 0.3 is 0 Å². The lowest BCUT2D eigenvalue weighted by molar-refractivity contribution is 0.386. The normalized spacial score (nSPS) is 11.4. The molecule has 1 N–H and O–H groups in total. The van der Waals surface area contributed by atoms with Crippen LogP contribution in [0.3, 0.4) is 0 Å². The van der Waals surface area contributed by atoms with Crippen molar-refractivity contribution in [1.82, 2.24) is 0 Å². The third kappa shape index (κ3) is 3.53. The van der Waals surface area contributed by atoms with E-state index in [1.54, 1.807) is 13.0 Å². The second kappa shape index (κ2) is 6.30. The Morgan fingerprint density at radius 3 is 2.43 bits per heavy atom. The zero-order chi connectivity index (χ0) is 15.4. The Hall–Kier alpha value is -2.50. The van der Waals surface area contributed by atoms with Crippen LogP contribution in [0.1, 0.15) is 12.5 Å². The second-order valence-electron chi connectivity index (χ2n) is 4.28. The third-order valence-electron chi connectivity index (χ3n) is 2.84. The van der Waals surface area contributed by atoms with Gasteiger partial charge in [0.1, 0.15) is 5.82 Å². The van der Waals surface area contributed by atoms with E-state index in [4.69, 9.17) is 4.74 Å². The van der Waals surface area contributed by atoms with Crippen LogP contribution in [0, 0.1) is 17.5 Å². The van der Waals surface area contributed by atoms with Crippen LogP contribution in [0.2, 0.25) is 0 Å². The third-order valence-corrected chi connectivity index (χ3v) is 2.84. The zero-order valence-corrected chi connectivity index (χ0v) is 11.5. The number of hydrogen-bond donors (Lipinski definition) is 1. The highest BCUT2D eigenvalue weighted by atomic mass is 19.1. The van der Waals surface area contributed by atoms with Crippen LogP contribution in [-0.4, -0.2) is 12.8 Å². The highest BCUT2D eigenvalue weighted by Gasteiger charge is 2.06. The lowest BCUT2D eigenvalue weighted by atomic mass is 10.1. The summed E-state index contributed by atoms with van der Waals surface area (Å²) in [6, 6.07) is 7.46. The summed E-state index contributed by atoms with van der Waals surface area (Å²) >= 11 is 0. The molecule has 0 unspecified atom stereocenters. The van der Waals surface area contributed by atoms with Crippen molar-refractivity contribution in [1.29, 1.82) is 0 Å². The second-order valence-corrected chi connectivity index (χ2v) is 4.28. The molecule has 0 amide bonds. The molecule has 0 aliphatic carbocycles. The van der Waals surface area contributed by atoms with Crippen LogP contribution in [0.5, 0.6) is 5.75 Å². The van der Waals surface area contributed by atoms with Crippen LogP contribution >= 0.6 is 0 Å². The molecule has 3 nitrogen and oxygen atoms in total. The molecule has 0 saturated carbocycles. The average molecular weight is 294 g/mol. The summed E-state index contributed by atoms with van der Waals surface area (Å²) in [4.78, 5) is 0. The van der Waals surface area contributed by atoms with Crippen molar-refractivity contribution < 1.29 is 17.9 Å². The average Bonchev–Trinajstić information content (AvgIpc) is 2.46. The van der Waals surface area contributed by atoms with Crippen molar-refractivity contribution in [2.24, 2.45) is 5.10 Å². The number of hydrogen-bond acceptors (Lipinski definition) is 3. The quantitative estimate of drug-likeness (QED) is 0.684. The minimum absolute atomic E-state index is 0.0322. The van der Waals surface area contributed by atoms with E-state index >= 15 is 0 Å². The predicted octanol–water partition coefficient (Wildman–Crippen LogP) is 3.95. The maximum absolute atomic E-state index is 13.6. The molecule has 0 heterocycles. The number of rotatable bonds is 4. The number of anilines is 1. The minimum atomic E-state index is -0.757. The van der Waals surface area contributed by atoms with Gasteiger partial charge in [0, 0.05) is 11.6 Å². The molecule has 0 bridgehead atoms. The predicted molar refractivity (Wildman–Crippen MR) is 75.1 cm³/mol. The Kier molecular flexibility index (Phi) is 4.47. The van der Waals surface area contributed by atoms with Gasteiger partial charge in [-0.3, -0.25) is 5.43 Å². The highest BCUT2D eigenvalue weighted by molar-refractivity contribution is 5.99. The fourth-order valence-electron chi connectivity index (χ4n) is 1.68. The molecule has 0 aromatic heterocycles. The van der Waals surface area contributed by atoms with Crippen LogP contribution in [0.4, 0.5) is 18.9 Å². The summed E-state index contributed by atoms with van der Waals surface area (Å²) in [7, 11) is 1.37. The smallest absolute Gasteiger partial charge is 0.165 e. The van der Waals surface area contributed by atoms with Crippen molar-refractivity contribution in [3.63, 3.8) is 0 Å². The first-order chi connectivity index (χ1) is 10.0. The minimum Gasteiger partial charge on any atom is -0.494 e. The van der Waals surface area contributed by atoms with E-state index in [1.807, 2.05) is 0 Å². The Bertz CT molecular complexity index is 687. The van der Waals surface area contributed by atoms with Crippen molar-refractivity contribution in [2.75, 3.05) is 12.5 Å². The van der Waals surface area contributed by atoms with Gasteiger partial charge in [-0.05, 0) is 37.3 Å². The monoisotopic (exact) mass is 294 g/mol. The molecule has 110 valence electrons. The van der Waals surface area contributed by atoms with E-state index in [1.165, 1.54) is 25.3 Å². The number of halogens is 3. The summed E-state index contributed by atoms with van der Waals surface area (Å²) in [5, 5.41) is 3.95. The molecule has 2 aromatic carbocycles. The summed E-state index contributed by atoms with van der Waals surface area (Å²) < 4.78 is 44.6. The van der Waals surface area contributed by atoms with Gasteiger partial charge in [-0.25, -0.2) is 13.2 Å². The van der Waals surface area contributed by atoms with E-state index in [-0.39, 0.29) is 11.4 Å². The Morgan fingerprint density at radius 2 is 1.81 bits per heavy atom. The number of nitrogens with zero attached hydrogens (tertiary/aromatic N) is 1. The summed E-state index contributed by atoms with van der Waals surface area (Å²) in [6.07, 6.45) is 0. The Balaban J connectivity index is 2.19. The van der Waals surface area contributed by atoms with Gasteiger partial charge < -0.3 is 4.74 Å². The first-order valence-electron chi connectivity index (χ1n) is 6.10. The lowest BCUT2D eigenvalue weighted by Gasteiger charge is -2.06. The van der Waals surface area contributed by atoms with Gasteiger partial charge in [-0.15, -0.1) is 0 Å². The van der Waals surface area contributed by atoms with Crippen molar-refractivity contribution >= 4 is 11.4 Å². The summed E-state index contributed by atoms with van der Waals surface area (Å²) in [5.41, 5.74) is 3.47. The molecule has 21 heavy (non-hydrogen) atoms. The number of ether oxygens (including phenoxy) is 1. The van der Waals surface area contributed by atoms with Crippen LogP contribution in [0.15, 0.2) is 41.5 Å². The fourth-order valence-corrected chi connectivity index (χ4v) is 1.68. The molecule has 2 aromatic rings. The molecule has 0 atom stereocenters. The molecule has 0 saturated heterocycles. The number of hydrazone groups is 1. The maximum atomic E-state index is 13.6. The van der Waals surface area contributed by atoms with Crippen molar-refractivity contribution in [3.8, 4) is 5.75 Å². The van der Waals surface area contributed by atoms with Gasteiger partial charge in [0.15, 0.2) is 17.4 Å². The van der Waals surface area contributed by atoms with E-state index in [2.05, 4.69) is 10.5 Å². The zero-order valence-electron chi connectivity index (χ0n) is 11.5. The van der Waals surface area contributed by atoms with Crippen molar-refractivity contribution in [3.05, 3.63) is 59.4 Å². The Labute approximate surface area is 120 Å². The molecule has 2 rings (SSSR count). The summed E-state index contributed by atoms with van der Waals surface area (Å²) in [5.74, 6) is -1.81. The van der Waals surface area contributed by atoms with Crippen LogP contribution in [-0.2, 0) is 0 Å². The van der Waals surface area contributed by atoms with Gasteiger partial charge in [0.05, 0.1) is 18.5 Å². The molecular formula is C15H13F3N2O. The van der Waals surface area contributed by atoms with Gasteiger partial charge in [-0.1, -0.05) is 0 Å². The molecule has 0 fully saturated rings. The molecule has 6 heteroatoms. The number of benzene rings is 2. The molecule has 0 aliphatic rings. The fraction of sp³-hybridized carbons (Fsp3) is 0.133. The van der Waals surface area contributed by atoms with Gasteiger partial charge in [-0.2, -0.15) is 5.10 Å². The standard InChI is InChI=1S/C15H13F3N2O/c1-9(10-3-6-15(21-2)13(18)7-10)19-20-14-5-4-11(16)8-12(14)17/h3-8,20H,1-2H3/b19-9-. The largest absolute Gasteiger partial charge is 0.494 e. The molecule has 0 radical (unpaired) electrons. The van der Waals surface area contributed by atoms with Crippen LogP contribution in [0.25, 0.3) is 0 Å². The summed E-state index contributed by atoms with van der Waals surface area (Å²) in [6.45, 7) is 1.63. The molecule has 0 aliphatic heterocycles.